The zero-order valence-electron chi connectivity index (χ0n) is 10.4. The molecule has 0 aliphatic rings. The van der Waals surface area contributed by atoms with Crippen molar-refractivity contribution in [2.45, 2.75) is 44.7 Å². The van der Waals surface area contributed by atoms with Crippen LogP contribution in [0.1, 0.15) is 33.1 Å². The summed E-state index contributed by atoms with van der Waals surface area (Å²) in [6.45, 7) is 8.35. The molecule has 2 nitrogen and oxygen atoms in total. The molecule has 0 aromatic heterocycles. The molecular weight excluding hydrogens is 172 g/mol. The van der Waals surface area contributed by atoms with Crippen molar-refractivity contribution in [3.8, 4) is 0 Å². The third-order valence-electron chi connectivity index (χ3n) is 3.51. The van der Waals surface area contributed by atoms with Crippen LogP contribution in [0, 0.1) is 0 Å². The van der Waals surface area contributed by atoms with Gasteiger partial charge in [0.05, 0.1) is 0 Å². The van der Waals surface area contributed by atoms with Crippen molar-refractivity contribution in [1.82, 2.24) is 10.2 Å². The molecule has 1 unspecified atom stereocenters. The molecule has 1 atom stereocenters. The first-order chi connectivity index (χ1) is 6.58. The summed E-state index contributed by atoms with van der Waals surface area (Å²) >= 11 is 0. The van der Waals surface area contributed by atoms with Gasteiger partial charge in [0.1, 0.15) is 0 Å². The lowest BCUT2D eigenvalue weighted by Gasteiger charge is -2.45. The number of hydrogen-bond acceptors (Lipinski definition) is 2. The predicted molar refractivity (Wildman–Crippen MR) is 64.7 cm³/mol. The normalized spacial score (nSPS) is 14.4. The first-order valence-corrected chi connectivity index (χ1v) is 5.54. The van der Waals surface area contributed by atoms with Crippen LogP contribution in [-0.4, -0.2) is 37.6 Å². The number of hydrogen-bond donors (Lipinski definition) is 1. The zero-order valence-corrected chi connectivity index (χ0v) is 10.4. The Labute approximate surface area is 89.4 Å². The van der Waals surface area contributed by atoms with Crippen LogP contribution < -0.4 is 5.32 Å². The Morgan fingerprint density at radius 1 is 1.36 bits per heavy atom. The molecule has 0 bridgehead atoms. The van der Waals surface area contributed by atoms with Gasteiger partial charge in [-0.05, 0) is 40.4 Å². The maximum absolute atomic E-state index is 3.83. The van der Waals surface area contributed by atoms with E-state index in [1.165, 1.54) is 0 Å². The van der Waals surface area contributed by atoms with E-state index in [4.69, 9.17) is 0 Å². The van der Waals surface area contributed by atoms with E-state index >= 15 is 0 Å². The van der Waals surface area contributed by atoms with Crippen LogP contribution in [0.25, 0.3) is 0 Å². The average Bonchev–Trinajstić information content (AvgIpc) is 2.18. The minimum absolute atomic E-state index is 0.253. The lowest BCUT2D eigenvalue weighted by atomic mass is 9.81. The summed E-state index contributed by atoms with van der Waals surface area (Å²) in [6, 6.07) is 0.491. The summed E-state index contributed by atoms with van der Waals surface area (Å²) in [5.41, 5.74) is 0.253. The number of likely N-dealkylation sites (N-methyl/N-ethyl adjacent to an activating group) is 2. The van der Waals surface area contributed by atoms with Crippen molar-refractivity contribution in [1.29, 1.82) is 0 Å². The van der Waals surface area contributed by atoms with Crippen LogP contribution in [0.2, 0.25) is 0 Å². The summed E-state index contributed by atoms with van der Waals surface area (Å²) in [5, 5.41) is 3.41. The average molecular weight is 198 g/mol. The maximum Gasteiger partial charge on any atom is 0.0354 e. The third-order valence-corrected chi connectivity index (χ3v) is 3.51. The summed E-state index contributed by atoms with van der Waals surface area (Å²) in [5.74, 6) is 0. The molecule has 0 rings (SSSR count). The van der Waals surface area contributed by atoms with Gasteiger partial charge in [-0.15, -0.1) is 6.58 Å². The molecule has 0 aliphatic carbocycles. The predicted octanol–water partition coefficient (Wildman–Crippen LogP) is 2.27. The van der Waals surface area contributed by atoms with Gasteiger partial charge in [0.15, 0.2) is 0 Å². The highest BCUT2D eigenvalue weighted by Crippen LogP contribution is 2.27. The first-order valence-electron chi connectivity index (χ1n) is 5.54. The molecule has 0 fully saturated rings. The molecule has 0 aliphatic heterocycles. The van der Waals surface area contributed by atoms with Crippen molar-refractivity contribution in [3.63, 3.8) is 0 Å². The molecule has 0 spiro atoms. The van der Waals surface area contributed by atoms with E-state index in [0.29, 0.717) is 6.04 Å². The number of nitrogens with one attached hydrogen (secondary N) is 1. The van der Waals surface area contributed by atoms with Gasteiger partial charge in [-0.25, -0.2) is 0 Å². The Kier molecular flexibility index (Phi) is 6.05. The van der Waals surface area contributed by atoms with E-state index in [1.54, 1.807) is 0 Å². The summed E-state index contributed by atoms with van der Waals surface area (Å²) in [4.78, 5) is 2.34. The van der Waals surface area contributed by atoms with Crippen molar-refractivity contribution in [2.24, 2.45) is 0 Å². The van der Waals surface area contributed by atoms with Gasteiger partial charge in [-0.2, -0.15) is 0 Å². The standard InChI is InChI=1S/C12H26N2/c1-7-10-11(13-4)12(8-2,9-3)14(5)6/h7,11,13H,1,8-10H2,2-6H3. The van der Waals surface area contributed by atoms with Crippen molar-refractivity contribution < 1.29 is 0 Å². The van der Waals surface area contributed by atoms with Crippen LogP contribution in [-0.2, 0) is 0 Å². The fraction of sp³-hybridized carbons (Fsp3) is 0.833. The Hall–Kier alpha value is -0.340. The molecule has 2 heteroatoms. The van der Waals surface area contributed by atoms with Crippen molar-refractivity contribution in [3.05, 3.63) is 12.7 Å². The van der Waals surface area contributed by atoms with Gasteiger partial charge < -0.3 is 10.2 Å². The van der Waals surface area contributed by atoms with Gasteiger partial charge in [-0.3, -0.25) is 0 Å². The van der Waals surface area contributed by atoms with Gasteiger partial charge in [0.25, 0.3) is 0 Å². The topological polar surface area (TPSA) is 15.3 Å². The molecule has 0 saturated heterocycles. The quantitative estimate of drug-likeness (QED) is 0.631. The van der Waals surface area contributed by atoms with Crippen LogP contribution in [0.5, 0.6) is 0 Å². The molecule has 1 N–H and O–H groups in total. The molecule has 0 aromatic carbocycles. The van der Waals surface area contributed by atoms with Gasteiger partial charge in [-0.1, -0.05) is 19.9 Å². The Morgan fingerprint density at radius 2 is 1.86 bits per heavy atom. The largest absolute Gasteiger partial charge is 0.315 e. The first kappa shape index (κ1) is 13.7. The zero-order chi connectivity index (χ0) is 11.2. The molecule has 0 heterocycles. The Morgan fingerprint density at radius 3 is 2.07 bits per heavy atom. The van der Waals surface area contributed by atoms with E-state index in [-0.39, 0.29) is 5.54 Å². The van der Waals surface area contributed by atoms with Gasteiger partial charge in [0.2, 0.25) is 0 Å². The molecule has 0 aromatic rings. The van der Waals surface area contributed by atoms with E-state index in [2.05, 4.69) is 44.7 Å². The van der Waals surface area contributed by atoms with Crippen LogP contribution in [0.4, 0.5) is 0 Å². The lowest BCUT2D eigenvalue weighted by Crippen LogP contribution is -2.57. The monoisotopic (exact) mass is 198 g/mol. The third kappa shape index (κ3) is 2.58. The van der Waals surface area contributed by atoms with E-state index in [1.807, 2.05) is 13.1 Å². The molecule has 0 radical (unpaired) electrons. The fourth-order valence-corrected chi connectivity index (χ4v) is 2.46. The van der Waals surface area contributed by atoms with E-state index in [9.17, 15) is 0 Å². The molecule has 0 amide bonds. The minimum atomic E-state index is 0.253. The smallest absolute Gasteiger partial charge is 0.0354 e. The van der Waals surface area contributed by atoms with Crippen LogP contribution >= 0.6 is 0 Å². The second-order valence-corrected chi connectivity index (χ2v) is 4.07. The maximum atomic E-state index is 3.83. The Balaban J connectivity index is 4.81. The molecule has 84 valence electrons. The minimum Gasteiger partial charge on any atom is -0.315 e. The molecular formula is C12H26N2. The highest BCUT2D eigenvalue weighted by atomic mass is 15.2. The number of rotatable bonds is 7. The van der Waals surface area contributed by atoms with E-state index < -0.39 is 0 Å². The second kappa shape index (κ2) is 6.20. The Bertz CT molecular complexity index is 160. The highest BCUT2D eigenvalue weighted by Gasteiger charge is 2.35. The summed E-state index contributed by atoms with van der Waals surface area (Å²) < 4.78 is 0. The lowest BCUT2D eigenvalue weighted by molar-refractivity contribution is 0.0929. The molecule has 0 saturated carbocycles. The van der Waals surface area contributed by atoms with Crippen LogP contribution in [0.3, 0.4) is 0 Å². The summed E-state index contributed by atoms with van der Waals surface area (Å²) in [7, 11) is 6.37. The fourth-order valence-electron chi connectivity index (χ4n) is 2.46. The van der Waals surface area contributed by atoms with Crippen molar-refractivity contribution >= 4 is 0 Å². The molecule has 14 heavy (non-hydrogen) atoms. The highest BCUT2D eigenvalue weighted by molar-refractivity contribution is 4.99. The SMILES string of the molecule is C=CCC(NC)C(CC)(CC)N(C)C. The van der Waals surface area contributed by atoms with Gasteiger partial charge in [0, 0.05) is 11.6 Å². The van der Waals surface area contributed by atoms with Gasteiger partial charge >= 0.3 is 0 Å². The number of nitrogens with zero attached hydrogens (tertiary/aromatic N) is 1. The van der Waals surface area contributed by atoms with Crippen LogP contribution in [0.15, 0.2) is 12.7 Å². The van der Waals surface area contributed by atoms with Crippen molar-refractivity contribution in [2.75, 3.05) is 21.1 Å². The second-order valence-electron chi connectivity index (χ2n) is 4.07. The van der Waals surface area contributed by atoms with E-state index in [0.717, 1.165) is 19.3 Å². The summed E-state index contributed by atoms with van der Waals surface area (Å²) in [6.07, 6.45) is 5.35.